The van der Waals surface area contributed by atoms with Crippen molar-refractivity contribution in [3.05, 3.63) is 71.8 Å². The van der Waals surface area contributed by atoms with Crippen molar-refractivity contribution >= 4 is 64.7 Å². The second kappa shape index (κ2) is 4.45. The van der Waals surface area contributed by atoms with E-state index >= 15 is 0 Å². The summed E-state index contributed by atoms with van der Waals surface area (Å²) in [5.74, 6) is 0. The smallest absolute Gasteiger partial charge is 0.0505 e. The summed E-state index contributed by atoms with van der Waals surface area (Å²) in [5, 5.41) is 8.38. The van der Waals surface area contributed by atoms with Gasteiger partial charge in [0.05, 0.1) is 5.02 Å². The van der Waals surface area contributed by atoms with Crippen LogP contribution in [0.5, 0.6) is 0 Å². The molecule has 0 amide bonds. The first-order valence-corrected chi connectivity index (χ1v) is 8.43. The molecule has 0 nitrogen and oxygen atoms in total. The molecule has 0 aliphatic rings. The predicted octanol–water partition coefficient (Wildman–Crippen LogP) is 7.01. The Balaban J connectivity index is 2.17. The van der Waals surface area contributed by atoms with Crippen LogP contribution in [-0.4, -0.2) is 0 Å². The van der Waals surface area contributed by atoms with Gasteiger partial charge in [-0.15, -0.1) is 11.3 Å². The molecule has 1 aromatic heterocycles. The van der Waals surface area contributed by atoms with Crippen molar-refractivity contribution in [2.24, 2.45) is 0 Å². The number of hydrogen-bond acceptors (Lipinski definition) is 1. The van der Waals surface area contributed by atoms with Crippen LogP contribution in [0.4, 0.5) is 0 Å². The Morgan fingerprint density at radius 1 is 0.682 bits per heavy atom. The summed E-state index contributed by atoms with van der Waals surface area (Å²) in [4.78, 5) is 0. The first-order chi connectivity index (χ1) is 10.8. The average molecular weight is 319 g/mol. The normalized spacial score (nSPS) is 11.9. The summed E-state index contributed by atoms with van der Waals surface area (Å²) in [7, 11) is 0. The molecule has 0 unspecified atom stereocenters. The van der Waals surface area contributed by atoms with Crippen LogP contribution in [0.25, 0.3) is 41.7 Å². The zero-order valence-corrected chi connectivity index (χ0v) is 13.2. The Hall–Kier alpha value is -2.09. The number of thiophene rings is 1. The van der Waals surface area contributed by atoms with Gasteiger partial charge in [-0.1, -0.05) is 66.2 Å². The number of benzene rings is 4. The number of hydrogen-bond donors (Lipinski definition) is 0. The molecule has 5 rings (SSSR count). The summed E-state index contributed by atoms with van der Waals surface area (Å²) >= 11 is 8.45. The molecule has 0 fully saturated rings. The van der Waals surface area contributed by atoms with Gasteiger partial charge in [-0.2, -0.15) is 0 Å². The molecular weight excluding hydrogens is 308 g/mol. The van der Waals surface area contributed by atoms with Gasteiger partial charge >= 0.3 is 0 Å². The van der Waals surface area contributed by atoms with Gasteiger partial charge in [-0.25, -0.2) is 0 Å². The van der Waals surface area contributed by atoms with Crippen LogP contribution in [-0.2, 0) is 0 Å². The molecule has 4 aromatic carbocycles. The van der Waals surface area contributed by atoms with E-state index in [-0.39, 0.29) is 0 Å². The molecule has 2 heteroatoms. The highest BCUT2D eigenvalue weighted by atomic mass is 35.5. The Labute approximate surface area is 136 Å². The van der Waals surface area contributed by atoms with Crippen LogP contribution in [0.3, 0.4) is 0 Å². The molecule has 0 N–H and O–H groups in total. The maximum atomic E-state index is 6.61. The SMILES string of the molecule is Clc1cc2ccc3ccccc3c2c2sc3ccccc3c12. The van der Waals surface area contributed by atoms with E-state index in [1.165, 1.54) is 41.7 Å². The summed E-state index contributed by atoms with van der Waals surface area (Å²) < 4.78 is 2.58. The Kier molecular flexibility index (Phi) is 2.52. The summed E-state index contributed by atoms with van der Waals surface area (Å²) in [6.07, 6.45) is 0. The van der Waals surface area contributed by atoms with Crippen LogP contribution in [0.1, 0.15) is 0 Å². The minimum Gasteiger partial charge on any atom is -0.134 e. The topological polar surface area (TPSA) is 0 Å². The summed E-state index contributed by atoms with van der Waals surface area (Å²) in [5.41, 5.74) is 0. The van der Waals surface area contributed by atoms with Crippen molar-refractivity contribution in [3.8, 4) is 0 Å². The minimum absolute atomic E-state index is 0.843. The van der Waals surface area contributed by atoms with Crippen molar-refractivity contribution in [2.45, 2.75) is 0 Å². The summed E-state index contributed by atoms with van der Waals surface area (Å²) in [6, 6.07) is 23.5. The third-order valence-electron chi connectivity index (χ3n) is 4.30. The van der Waals surface area contributed by atoms with Crippen LogP contribution in [0.15, 0.2) is 66.7 Å². The molecule has 22 heavy (non-hydrogen) atoms. The van der Waals surface area contributed by atoms with Crippen molar-refractivity contribution < 1.29 is 0 Å². The van der Waals surface area contributed by atoms with Crippen molar-refractivity contribution in [1.29, 1.82) is 0 Å². The molecule has 0 aliphatic heterocycles. The van der Waals surface area contributed by atoms with Gasteiger partial charge in [-0.05, 0) is 28.3 Å². The van der Waals surface area contributed by atoms with E-state index in [4.69, 9.17) is 11.6 Å². The molecule has 0 saturated heterocycles. The van der Waals surface area contributed by atoms with Crippen LogP contribution in [0.2, 0.25) is 5.02 Å². The van der Waals surface area contributed by atoms with Crippen LogP contribution < -0.4 is 0 Å². The van der Waals surface area contributed by atoms with Gasteiger partial charge in [-0.3, -0.25) is 0 Å². The number of fused-ring (bicyclic) bond motifs is 7. The third-order valence-corrected chi connectivity index (χ3v) is 5.79. The predicted molar refractivity (Wildman–Crippen MR) is 99.4 cm³/mol. The number of halogens is 1. The van der Waals surface area contributed by atoms with Crippen molar-refractivity contribution in [2.75, 3.05) is 0 Å². The molecule has 0 radical (unpaired) electrons. The fourth-order valence-electron chi connectivity index (χ4n) is 3.33. The molecule has 0 bridgehead atoms. The lowest BCUT2D eigenvalue weighted by Crippen LogP contribution is -1.79. The monoisotopic (exact) mass is 318 g/mol. The van der Waals surface area contributed by atoms with E-state index in [9.17, 15) is 0 Å². The number of rotatable bonds is 0. The Morgan fingerprint density at radius 2 is 1.41 bits per heavy atom. The highest BCUT2D eigenvalue weighted by molar-refractivity contribution is 7.27. The largest absolute Gasteiger partial charge is 0.134 e. The van der Waals surface area contributed by atoms with Gasteiger partial charge in [0, 0.05) is 25.6 Å². The maximum Gasteiger partial charge on any atom is 0.0505 e. The molecule has 0 saturated carbocycles. The Morgan fingerprint density at radius 3 is 2.32 bits per heavy atom. The van der Waals surface area contributed by atoms with E-state index in [1.54, 1.807) is 0 Å². The van der Waals surface area contributed by atoms with E-state index < -0.39 is 0 Å². The lowest BCUT2D eigenvalue weighted by molar-refractivity contribution is 1.80. The zero-order valence-electron chi connectivity index (χ0n) is 11.6. The van der Waals surface area contributed by atoms with Crippen molar-refractivity contribution in [3.63, 3.8) is 0 Å². The van der Waals surface area contributed by atoms with E-state index in [1.807, 2.05) is 11.3 Å². The second-order valence-electron chi connectivity index (χ2n) is 5.55. The highest BCUT2D eigenvalue weighted by Gasteiger charge is 2.13. The first kappa shape index (κ1) is 12.5. The Bertz CT molecular complexity index is 1180. The standard InChI is InChI=1S/C20H11ClS/c21-16-11-13-10-9-12-5-1-2-6-14(12)18(13)20-19(16)15-7-3-4-8-17(15)22-20/h1-11H. The van der Waals surface area contributed by atoms with Gasteiger partial charge in [0.25, 0.3) is 0 Å². The molecule has 104 valence electrons. The molecule has 1 heterocycles. The molecule has 5 aromatic rings. The second-order valence-corrected chi connectivity index (χ2v) is 7.00. The quantitative estimate of drug-likeness (QED) is 0.269. The van der Waals surface area contributed by atoms with Gasteiger partial charge in [0.1, 0.15) is 0 Å². The van der Waals surface area contributed by atoms with Gasteiger partial charge in [0.15, 0.2) is 0 Å². The fraction of sp³-hybridized carbons (Fsp3) is 0. The molecule has 0 spiro atoms. The minimum atomic E-state index is 0.843. The lowest BCUT2D eigenvalue weighted by Gasteiger charge is -2.06. The molecule has 0 aliphatic carbocycles. The molecule has 0 atom stereocenters. The summed E-state index contributed by atoms with van der Waals surface area (Å²) in [6.45, 7) is 0. The van der Waals surface area contributed by atoms with Crippen LogP contribution >= 0.6 is 22.9 Å². The van der Waals surface area contributed by atoms with Gasteiger partial charge in [0.2, 0.25) is 0 Å². The van der Waals surface area contributed by atoms with E-state index in [0.29, 0.717) is 0 Å². The fourth-order valence-corrected chi connectivity index (χ4v) is 5.00. The van der Waals surface area contributed by atoms with Gasteiger partial charge < -0.3 is 0 Å². The first-order valence-electron chi connectivity index (χ1n) is 7.24. The van der Waals surface area contributed by atoms with Crippen LogP contribution in [0, 0.1) is 0 Å². The lowest BCUT2D eigenvalue weighted by atomic mass is 10.00. The molecular formula is C20H11ClS. The van der Waals surface area contributed by atoms with E-state index in [2.05, 4.69) is 66.7 Å². The van der Waals surface area contributed by atoms with Crippen molar-refractivity contribution in [1.82, 2.24) is 0 Å². The average Bonchev–Trinajstić information content (AvgIpc) is 2.94. The zero-order chi connectivity index (χ0) is 14.7. The van der Waals surface area contributed by atoms with E-state index in [0.717, 1.165) is 5.02 Å². The highest BCUT2D eigenvalue weighted by Crippen LogP contribution is 2.44. The maximum absolute atomic E-state index is 6.61. The third kappa shape index (κ3) is 1.58.